The Morgan fingerprint density at radius 1 is 1.21 bits per heavy atom. The molecule has 4 heterocycles. The number of aromatic nitrogens is 4. The molecule has 0 radical (unpaired) electrons. The van der Waals surface area contributed by atoms with Gasteiger partial charge in [-0.2, -0.15) is 0 Å². The van der Waals surface area contributed by atoms with Crippen molar-refractivity contribution in [3.05, 3.63) is 65.6 Å². The molecule has 0 spiro atoms. The van der Waals surface area contributed by atoms with E-state index >= 15 is 0 Å². The van der Waals surface area contributed by atoms with Gasteiger partial charge in [0.2, 0.25) is 0 Å². The number of likely N-dealkylation sites (tertiary alicyclic amines) is 1. The number of halogens is 1. The maximum atomic E-state index is 13.4. The summed E-state index contributed by atoms with van der Waals surface area (Å²) in [5, 5.41) is 2.07. The molecule has 0 saturated carbocycles. The lowest BCUT2D eigenvalue weighted by Crippen LogP contribution is -2.37. The zero-order valence-corrected chi connectivity index (χ0v) is 17.3. The molecular weight excluding hydrogens is 385 g/mol. The van der Waals surface area contributed by atoms with Crippen molar-refractivity contribution in [2.24, 2.45) is 5.92 Å². The highest BCUT2D eigenvalue weighted by Crippen LogP contribution is 2.29. The zero-order chi connectivity index (χ0) is 19.8. The molecule has 0 amide bonds. The molecule has 1 aliphatic heterocycles. The van der Waals surface area contributed by atoms with Crippen molar-refractivity contribution < 1.29 is 4.39 Å². The Balaban J connectivity index is 1.39. The van der Waals surface area contributed by atoms with Crippen LogP contribution in [0.5, 0.6) is 0 Å². The van der Waals surface area contributed by atoms with E-state index < -0.39 is 0 Å². The highest BCUT2D eigenvalue weighted by atomic mass is 32.1. The fourth-order valence-corrected chi connectivity index (χ4v) is 5.09. The van der Waals surface area contributed by atoms with E-state index in [1.807, 2.05) is 18.3 Å². The molecule has 1 fully saturated rings. The van der Waals surface area contributed by atoms with Gasteiger partial charge in [-0.3, -0.25) is 9.30 Å². The Hall–Kier alpha value is -2.51. The summed E-state index contributed by atoms with van der Waals surface area (Å²) in [5.74, 6) is 1.48. The normalized spacial score (nSPS) is 17.9. The number of fused-ring (bicyclic) bond motifs is 1. The van der Waals surface area contributed by atoms with E-state index in [4.69, 9.17) is 4.98 Å². The molecule has 150 valence electrons. The van der Waals surface area contributed by atoms with Crippen molar-refractivity contribution in [1.29, 1.82) is 0 Å². The molecule has 7 heteroatoms. The molecule has 1 atom stereocenters. The van der Waals surface area contributed by atoms with Gasteiger partial charge < -0.3 is 4.57 Å². The second kappa shape index (κ2) is 7.72. The minimum absolute atomic E-state index is 0.218. The van der Waals surface area contributed by atoms with Crippen LogP contribution in [0.4, 0.5) is 4.39 Å². The molecule has 29 heavy (non-hydrogen) atoms. The molecule has 0 bridgehead atoms. The van der Waals surface area contributed by atoms with Gasteiger partial charge in [-0.25, -0.2) is 14.4 Å². The summed E-state index contributed by atoms with van der Waals surface area (Å²) >= 11 is 1.64. The first-order valence-electron chi connectivity index (χ1n) is 10.1. The monoisotopic (exact) mass is 409 g/mol. The van der Waals surface area contributed by atoms with E-state index in [0.29, 0.717) is 5.92 Å². The highest BCUT2D eigenvalue weighted by molar-refractivity contribution is 7.15. The van der Waals surface area contributed by atoms with Crippen LogP contribution in [-0.4, -0.2) is 36.9 Å². The van der Waals surface area contributed by atoms with Crippen LogP contribution in [0.3, 0.4) is 0 Å². The molecule has 1 unspecified atom stereocenters. The van der Waals surface area contributed by atoms with E-state index in [0.717, 1.165) is 48.2 Å². The van der Waals surface area contributed by atoms with Crippen LogP contribution < -0.4 is 0 Å². The molecule has 5 nitrogen and oxygen atoms in total. The largest absolute Gasteiger partial charge is 0.335 e. The van der Waals surface area contributed by atoms with Crippen LogP contribution in [0, 0.1) is 18.7 Å². The SMILES string of the molecule is Cc1nccn1CC1CCCN(Cc2c(-c3ccc(F)cc3)nc3sccn23)C1. The standard InChI is InChI=1S/C22H24FN5S/c1-16-24-8-10-27(16)14-17-3-2-9-26(13-17)15-20-21(18-4-6-19(23)7-5-18)25-22-28(20)11-12-29-22/h4-8,10-12,17H,2-3,9,13-15H2,1H3. The van der Waals surface area contributed by atoms with E-state index in [1.54, 1.807) is 11.3 Å². The van der Waals surface area contributed by atoms with Gasteiger partial charge in [-0.05, 0) is 56.5 Å². The van der Waals surface area contributed by atoms with Gasteiger partial charge in [-0.15, -0.1) is 11.3 Å². The Bertz CT molecular complexity index is 1110. The first-order chi connectivity index (χ1) is 14.2. The number of nitrogens with zero attached hydrogens (tertiary/aromatic N) is 5. The van der Waals surface area contributed by atoms with Crippen molar-refractivity contribution in [2.45, 2.75) is 32.9 Å². The number of thiazole rings is 1. The summed E-state index contributed by atoms with van der Waals surface area (Å²) in [7, 11) is 0. The number of aryl methyl sites for hydroxylation is 1. The lowest BCUT2D eigenvalue weighted by atomic mass is 9.97. The predicted octanol–water partition coefficient (Wildman–Crippen LogP) is 4.62. The molecule has 5 rings (SSSR count). The van der Waals surface area contributed by atoms with Gasteiger partial charge in [-0.1, -0.05) is 0 Å². The fourth-order valence-electron chi connectivity index (χ4n) is 4.35. The first-order valence-corrected chi connectivity index (χ1v) is 11.0. The van der Waals surface area contributed by atoms with E-state index in [-0.39, 0.29) is 5.82 Å². The summed E-state index contributed by atoms with van der Waals surface area (Å²) in [6, 6.07) is 6.67. The van der Waals surface area contributed by atoms with Gasteiger partial charge in [0.1, 0.15) is 11.6 Å². The van der Waals surface area contributed by atoms with Crippen molar-refractivity contribution >= 4 is 16.3 Å². The van der Waals surface area contributed by atoms with E-state index in [1.165, 1.54) is 30.7 Å². The van der Waals surface area contributed by atoms with E-state index in [9.17, 15) is 4.39 Å². The summed E-state index contributed by atoms with van der Waals surface area (Å²) in [5.41, 5.74) is 3.12. The molecule has 3 aromatic heterocycles. The molecule has 1 aliphatic rings. The summed E-state index contributed by atoms with van der Waals surface area (Å²) < 4.78 is 17.9. The molecule has 1 aromatic carbocycles. The quantitative estimate of drug-likeness (QED) is 0.483. The van der Waals surface area contributed by atoms with Gasteiger partial charge >= 0.3 is 0 Å². The average molecular weight is 410 g/mol. The van der Waals surface area contributed by atoms with Crippen molar-refractivity contribution in [1.82, 2.24) is 23.8 Å². The third-order valence-corrected chi connectivity index (χ3v) is 6.59. The first kappa shape index (κ1) is 18.5. The minimum Gasteiger partial charge on any atom is -0.335 e. The third-order valence-electron chi connectivity index (χ3n) is 5.83. The maximum absolute atomic E-state index is 13.4. The number of piperidine rings is 1. The lowest BCUT2D eigenvalue weighted by Gasteiger charge is -2.33. The maximum Gasteiger partial charge on any atom is 0.194 e. The van der Waals surface area contributed by atoms with Crippen LogP contribution in [-0.2, 0) is 13.1 Å². The van der Waals surface area contributed by atoms with Gasteiger partial charge in [0, 0.05) is 49.2 Å². The van der Waals surface area contributed by atoms with Crippen molar-refractivity contribution in [3.63, 3.8) is 0 Å². The second-order valence-electron chi connectivity index (χ2n) is 7.84. The summed E-state index contributed by atoms with van der Waals surface area (Å²) in [6.07, 6.45) is 8.50. The molecule has 0 aliphatic carbocycles. The smallest absolute Gasteiger partial charge is 0.194 e. The highest BCUT2D eigenvalue weighted by Gasteiger charge is 2.24. The molecule has 1 saturated heterocycles. The summed E-state index contributed by atoms with van der Waals surface area (Å²) in [6.45, 7) is 6.10. The Kier molecular flexibility index (Phi) is 4.93. The zero-order valence-electron chi connectivity index (χ0n) is 16.5. The average Bonchev–Trinajstić information content (AvgIpc) is 3.42. The summed E-state index contributed by atoms with van der Waals surface area (Å²) in [4.78, 5) is 12.7. The topological polar surface area (TPSA) is 38.4 Å². The number of imidazole rings is 2. The molecular formula is C22H24FN5S. The lowest BCUT2D eigenvalue weighted by molar-refractivity contribution is 0.154. The number of hydrogen-bond donors (Lipinski definition) is 0. The van der Waals surface area contributed by atoms with Crippen LogP contribution >= 0.6 is 11.3 Å². The Labute approximate surface area is 173 Å². The van der Waals surface area contributed by atoms with Crippen LogP contribution in [0.15, 0.2) is 48.2 Å². The van der Waals surface area contributed by atoms with Crippen molar-refractivity contribution in [3.8, 4) is 11.3 Å². The Morgan fingerprint density at radius 3 is 2.86 bits per heavy atom. The van der Waals surface area contributed by atoms with Gasteiger partial charge in [0.15, 0.2) is 4.96 Å². The molecule has 0 N–H and O–H groups in total. The van der Waals surface area contributed by atoms with Crippen molar-refractivity contribution in [2.75, 3.05) is 13.1 Å². The number of rotatable bonds is 5. The number of hydrogen-bond acceptors (Lipinski definition) is 4. The molecule has 4 aromatic rings. The predicted molar refractivity (Wildman–Crippen MR) is 113 cm³/mol. The fraction of sp³-hybridized carbons (Fsp3) is 0.364. The van der Waals surface area contributed by atoms with Crippen LogP contribution in [0.25, 0.3) is 16.2 Å². The van der Waals surface area contributed by atoms with E-state index in [2.05, 4.69) is 43.5 Å². The van der Waals surface area contributed by atoms with Crippen LogP contribution in [0.2, 0.25) is 0 Å². The minimum atomic E-state index is -0.218. The third kappa shape index (κ3) is 3.72. The number of benzene rings is 1. The Morgan fingerprint density at radius 2 is 2.07 bits per heavy atom. The van der Waals surface area contributed by atoms with Crippen LogP contribution in [0.1, 0.15) is 24.4 Å². The van der Waals surface area contributed by atoms with Gasteiger partial charge in [0.25, 0.3) is 0 Å². The second-order valence-corrected chi connectivity index (χ2v) is 8.71. The van der Waals surface area contributed by atoms with Gasteiger partial charge in [0.05, 0.1) is 11.4 Å².